The number of para-hydroxylation sites is 1. The molecule has 104 valence electrons. The fourth-order valence-corrected chi connectivity index (χ4v) is 2.49. The van der Waals surface area contributed by atoms with E-state index in [1.807, 2.05) is 30.3 Å². The summed E-state index contributed by atoms with van der Waals surface area (Å²) in [4.78, 5) is 0. The molecule has 0 aliphatic heterocycles. The molecule has 0 amide bonds. The summed E-state index contributed by atoms with van der Waals surface area (Å²) in [5.74, 6) is 0.892. The van der Waals surface area contributed by atoms with E-state index in [4.69, 9.17) is 4.42 Å². The lowest BCUT2D eigenvalue weighted by molar-refractivity contribution is 0.504. The Hall–Kier alpha value is -1.37. The van der Waals surface area contributed by atoms with Gasteiger partial charge in [0.05, 0.1) is 12.3 Å². The van der Waals surface area contributed by atoms with Crippen molar-refractivity contribution in [3.8, 4) is 0 Å². The molecule has 5 nitrogen and oxygen atoms in total. The van der Waals surface area contributed by atoms with E-state index in [2.05, 4.69) is 5.32 Å². The maximum Gasteiger partial charge on any atom is 0.214 e. The van der Waals surface area contributed by atoms with Crippen LogP contribution < -0.4 is 5.32 Å². The molecule has 1 heterocycles. The number of benzene rings is 1. The van der Waals surface area contributed by atoms with Gasteiger partial charge in [0.2, 0.25) is 10.0 Å². The third kappa shape index (κ3) is 3.56. The lowest BCUT2D eigenvalue weighted by Crippen LogP contribution is -2.30. The number of hydrogen-bond acceptors (Lipinski definition) is 4. The zero-order valence-electron chi connectivity index (χ0n) is 11.1. The number of hydrogen-bond donors (Lipinski definition) is 1. The zero-order valence-corrected chi connectivity index (χ0v) is 11.9. The molecule has 0 bridgehead atoms. The van der Waals surface area contributed by atoms with Crippen molar-refractivity contribution in [3.05, 3.63) is 36.1 Å². The van der Waals surface area contributed by atoms with Crippen LogP contribution in [0.4, 0.5) is 0 Å². The quantitative estimate of drug-likeness (QED) is 0.814. The summed E-state index contributed by atoms with van der Waals surface area (Å²) >= 11 is 0. The van der Waals surface area contributed by atoms with Gasteiger partial charge in [-0.05, 0) is 12.1 Å². The molecular formula is C13H18N2O3S. The Morgan fingerprint density at radius 3 is 2.68 bits per heavy atom. The first-order chi connectivity index (χ1) is 8.99. The van der Waals surface area contributed by atoms with Crippen LogP contribution in [0.1, 0.15) is 5.76 Å². The van der Waals surface area contributed by atoms with E-state index in [0.717, 1.165) is 16.7 Å². The van der Waals surface area contributed by atoms with Gasteiger partial charge in [-0.3, -0.25) is 0 Å². The Balaban J connectivity index is 1.86. The van der Waals surface area contributed by atoms with Gasteiger partial charge in [-0.2, -0.15) is 0 Å². The number of furan rings is 1. The second kappa shape index (κ2) is 5.73. The predicted molar refractivity (Wildman–Crippen MR) is 75.4 cm³/mol. The van der Waals surface area contributed by atoms with Gasteiger partial charge >= 0.3 is 0 Å². The first-order valence-corrected chi connectivity index (χ1v) is 7.68. The number of sulfonamides is 1. The maximum atomic E-state index is 11.5. The first-order valence-electron chi connectivity index (χ1n) is 6.07. The summed E-state index contributed by atoms with van der Waals surface area (Å²) in [6.45, 7) is 0.926. The molecule has 0 saturated heterocycles. The Labute approximate surface area is 113 Å². The maximum absolute atomic E-state index is 11.5. The number of nitrogens with zero attached hydrogens (tertiary/aromatic N) is 1. The van der Waals surface area contributed by atoms with Gasteiger partial charge in [-0.15, -0.1) is 0 Å². The van der Waals surface area contributed by atoms with Gasteiger partial charge in [-0.1, -0.05) is 18.2 Å². The molecule has 6 heteroatoms. The average Bonchev–Trinajstić information content (AvgIpc) is 2.77. The van der Waals surface area contributed by atoms with E-state index in [1.165, 1.54) is 18.4 Å². The third-order valence-corrected chi connectivity index (χ3v) is 4.70. The van der Waals surface area contributed by atoms with Gasteiger partial charge < -0.3 is 9.73 Å². The van der Waals surface area contributed by atoms with Crippen LogP contribution in [0, 0.1) is 0 Å². The third-order valence-electron chi connectivity index (χ3n) is 2.87. The van der Waals surface area contributed by atoms with Crippen LogP contribution in [0.25, 0.3) is 11.0 Å². The summed E-state index contributed by atoms with van der Waals surface area (Å²) in [6.07, 6.45) is 0. The highest BCUT2D eigenvalue weighted by atomic mass is 32.2. The van der Waals surface area contributed by atoms with Gasteiger partial charge in [0.25, 0.3) is 0 Å². The van der Waals surface area contributed by atoms with Crippen LogP contribution in [0.5, 0.6) is 0 Å². The fraction of sp³-hybridized carbons (Fsp3) is 0.385. The van der Waals surface area contributed by atoms with Crippen molar-refractivity contribution in [1.82, 2.24) is 9.62 Å². The molecule has 0 radical (unpaired) electrons. The first kappa shape index (κ1) is 14.0. The van der Waals surface area contributed by atoms with Crippen LogP contribution in [-0.4, -0.2) is 39.1 Å². The molecule has 0 aliphatic rings. The van der Waals surface area contributed by atoms with Crippen molar-refractivity contribution in [2.75, 3.05) is 26.4 Å². The second-order valence-corrected chi connectivity index (χ2v) is 6.83. The van der Waals surface area contributed by atoms with Gasteiger partial charge in [-0.25, -0.2) is 12.7 Å². The van der Waals surface area contributed by atoms with E-state index in [0.29, 0.717) is 13.1 Å². The second-order valence-electron chi connectivity index (χ2n) is 4.53. The lowest BCUT2D eigenvalue weighted by Gasteiger charge is -2.10. The van der Waals surface area contributed by atoms with Gasteiger partial charge in [0, 0.05) is 26.0 Å². The molecule has 0 spiro atoms. The fourth-order valence-electron chi connectivity index (χ4n) is 1.72. The minimum Gasteiger partial charge on any atom is -0.460 e. The summed E-state index contributed by atoms with van der Waals surface area (Å²) in [7, 11) is -0.0644. The topological polar surface area (TPSA) is 62.6 Å². The summed E-state index contributed by atoms with van der Waals surface area (Å²) in [5, 5.41) is 4.13. The van der Waals surface area contributed by atoms with Gasteiger partial charge in [0.15, 0.2) is 0 Å². The molecule has 0 fully saturated rings. The van der Waals surface area contributed by atoms with Crippen LogP contribution in [0.15, 0.2) is 34.7 Å². The lowest BCUT2D eigenvalue weighted by atomic mass is 10.2. The Morgan fingerprint density at radius 1 is 1.26 bits per heavy atom. The van der Waals surface area contributed by atoms with Crippen LogP contribution in [0.3, 0.4) is 0 Å². The van der Waals surface area contributed by atoms with E-state index in [9.17, 15) is 8.42 Å². The van der Waals surface area contributed by atoms with Gasteiger partial charge in [0.1, 0.15) is 11.3 Å². The van der Waals surface area contributed by atoms with Crippen molar-refractivity contribution < 1.29 is 12.8 Å². The molecule has 2 rings (SSSR count). The Kier molecular flexibility index (Phi) is 4.24. The van der Waals surface area contributed by atoms with Crippen LogP contribution in [-0.2, 0) is 16.6 Å². The summed E-state index contributed by atoms with van der Waals surface area (Å²) in [5.41, 5.74) is 0.847. The molecule has 0 atom stereocenters. The standard InChI is InChI=1S/C13H18N2O3S/c1-15(2)19(16,17)8-7-14-10-12-9-11-5-3-4-6-13(11)18-12/h3-6,9,14H,7-8,10H2,1-2H3. The van der Waals surface area contributed by atoms with Crippen molar-refractivity contribution in [2.45, 2.75) is 6.54 Å². The molecule has 1 aromatic carbocycles. The Morgan fingerprint density at radius 2 is 2.00 bits per heavy atom. The number of fused-ring (bicyclic) bond motifs is 1. The molecular weight excluding hydrogens is 264 g/mol. The molecule has 1 aromatic heterocycles. The van der Waals surface area contributed by atoms with Crippen molar-refractivity contribution in [1.29, 1.82) is 0 Å². The Bertz CT molecular complexity index is 614. The SMILES string of the molecule is CN(C)S(=O)(=O)CCNCc1cc2ccccc2o1. The molecule has 2 aromatic rings. The molecule has 19 heavy (non-hydrogen) atoms. The minimum atomic E-state index is -3.14. The molecule has 0 aliphatic carbocycles. The number of rotatable bonds is 6. The highest BCUT2D eigenvalue weighted by Gasteiger charge is 2.12. The summed E-state index contributed by atoms with van der Waals surface area (Å²) in [6, 6.07) is 9.74. The minimum absolute atomic E-state index is 0.0836. The van der Waals surface area contributed by atoms with Crippen molar-refractivity contribution in [2.24, 2.45) is 0 Å². The highest BCUT2D eigenvalue weighted by Crippen LogP contribution is 2.18. The molecule has 0 saturated carbocycles. The zero-order chi connectivity index (χ0) is 13.9. The monoisotopic (exact) mass is 282 g/mol. The van der Waals surface area contributed by atoms with Crippen molar-refractivity contribution in [3.63, 3.8) is 0 Å². The van der Waals surface area contributed by atoms with E-state index in [-0.39, 0.29) is 5.75 Å². The van der Waals surface area contributed by atoms with Crippen molar-refractivity contribution >= 4 is 21.0 Å². The predicted octanol–water partition coefficient (Wildman–Crippen LogP) is 1.41. The number of nitrogens with one attached hydrogen (secondary N) is 1. The van der Waals surface area contributed by atoms with E-state index in [1.54, 1.807) is 0 Å². The van der Waals surface area contributed by atoms with E-state index < -0.39 is 10.0 Å². The van der Waals surface area contributed by atoms with Crippen LogP contribution in [0.2, 0.25) is 0 Å². The average molecular weight is 282 g/mol. The summed E-state index contributed by atoms with van der Waals surface area (Å²) < 4.78 is 29.9. The van der Waals surface area contributed by atoms with E-state index >= 15 is 0 Å². The smallest absolute Gasteiger partial charge is 0.214 e. The normalized spacial score (nSPS) is 12.4. The molecule has 1 N–H and O–H groups in total. The largest absolute Gasteiger partial charge is 0.460 e. The van der Waals surface area contributed by atoms with Crippen LogP contribution >= 0.6 is 0 Å². The molecule has 0 unspecified atom stereocenters. The highest BCUT2D eigenvalue weighted by molar-refractivity contribution is 7.89.